The zero-order valence-electron chi connectivity index (χ0n) is 11.8. The zero-order chi connectivity index (χ0) is 15.4. The van der Waals surface area contributed by atoms with Crippen molar-refractivity contribution in [2.75, 3.05) is 7.11 Å². The highest BCUT2D eigenvalue weighted by molar-refractivity contribution is 5.43. The predicted octanol–water partition coefficient (Wildman–Crippen LogP) is 3.61. The maximum absolute atomic E-state index is 13.1. The molecule has 1 N–H and O–H groups in total. The number of hydrogen-bond acceptors (Lipinski definition) is 3. The number of methoxy groups -OCH3 is 1. The van der Waals surface area contributed by atoms with Crippen molar-refractivity contribution in [1.29, 1.82) is 0 Å². The highest BCUT2D eigenvalue weighted by Crippen LogP contribution is 2.30. The molecule has 0 aliphatic heterocycles. The molecule has 0 aliphatic rings. The van der Waals surface area contributed by atoms with E-state index in [1.807, 2.05) is 0 Å². The minimum atomic E-state index is -0.910. The first-order chi connectivity index (χ1) is 10.0. The predicted molar refractivity (Wildman–Crippen MR) is 74.3 cm³/mol. The summed E-state index contributed by atoms with van der Waals surface area (Å²) < 4.78 is 36.7. The number of rotatable bonds is 5. The summed E-state index contributed by atoms with van der Waals surface area (Å²) in [4.78, 5) is 0. The Morgan fingerprint density at radius 3 is 2.43 bits per heavy atom. The first-order valence-electron chi connectivity index (χ1n) is 6.44. The maximum atomic E-state index is 13.1. The molecular weight excluding hydrogens is 278 g/mol. The number of benzene rings is 2. The summed E-state index contributed by atoms with van der Waals surface area (Å²) in [6.45, 7) is 1.73. The lowest BCUT2D eigenvalue weighted by Gasteiger charge is -2.13. The van der Waals surface area contributed by atoms with Gasteiger partial charge in [0, 0.05) is 0 Å². The molecule has 1 atom stereocenters. The molecule has 21 heavy (non-hydrogen) atoms. The summed E-state index contributed by atoms with van der Waals surface area (Å²) in [5.41, 5.74) is 1.21. The number of hydrogen-bond donors (Lipinski definition) is 1. The van der Waals surface area contributed by atoms with Gasteiger partial charge in [-0.2, -0.15) is 0 Å². The van der Waals surface area contributed by atoms with Gasteiger partial charge in [0.15, 0.2) is 23.1 Å². The average Bonchev–Trinajstić information content (AvgIpc) is 2.48. The van der Waals surface area contributed by atoms with Crippen LogP contribution in [0.25, 0.3) is 0 Å². The van der Waals surface area contributed by atoms with Gasteiger partial charge in [-0.25, -0.2) is 8.78 Å². The van der Waals surface area contributed by atoms with Gasteiger partial charge in [0.1, 0.15) is 6.61 Å². The van der Waals surface area contributed by atoms with E-state index in [1.54, 1.807) is 25.1 Å². The number of aliphatic hydroxyl groups is 1. The molecule has 0 fully saturated rings. The minimum absolute atomic E-state index is 0.0849. The lowest BCUT2D eigenvalue weighted by Crippen LogP contribution is -2.00. The zero-order valence-corrected chi connectivity index (χ0v) is 11.8. The van der Waals surface area contributed by atoms with E-state index in [1.165, 1.54) is 13.2 Å². The highest BCUT2D eigenvalue weighted by atomic mass is 19.2. The van der Waals surface area contributed by atoms with E-state index >= 15 is 0 Å². The van der Waals surface area contributed by atoms with Crippen molar-refractivity contribution in [2.24, 2.45) is 0 Å². The van der Waals surface area contributed by atoms with Crippen molar-refractivity contribution in [3.05, 3.63) is 59.2 Å². The van der Waals surface area contributed by atoms with E-state index in [-0.39, 0.29) is 6.61 Å². The number of halogens is 2. The quantitative estimate of drug-likeness (QED) is 0.915. The van der Waals surface area contributed by atoms with Crippen LogP contribution >= 0.6 is 0 Å². The molecule has 2 aromatic rings. The van der Waals surface area contributed by atoms with Crippen LogP contribution in [0.5, 0.6) is 11.5 Å². The molecule has 112 valence electrons. The van der Waals surface area contributed by atoms with Crippen molar-refractivity contribution in [2.45, 2.75) is 19.6 Å². The largest absolute Gasteiger partial charge is 0.493 e. The monoisotopic (exact) mass is 294 g/mol. The summed E-state index contributed by atoms with van der Waals surface area (Å²) in [7, 11) is 1.49. The molecule has 0 unspecified atom stereocenters. The van der Waals surface area contributed by atoms with Gasteiger partial charge >= 0.3 is 0 Å². The van der Waals surface area contributed by atoms with Gasteiger partial charge in [-0.15, -0.1) is 0 Å². The Labute approximate surface area is 121 Å². The van der Waals surface area contributed by atoms with Crippen molar-refractivity contribution in [3.8, 4) is 11.5 Å². The van der Waals surface area contributed by atoms with Gasteiger partial charge in [-0.3, -0.25) is 0 Å². The molecule has 2 rings (SSSR count). The molecule has 0 amide bonds. The summed E-state index contributed by atoms with van der Waals surface area (Å²) >= 11 is 0. The number of aliphatic hydroxyl groups excluding tert-OH is 1. The SMILES string of the molecule is COc1cc([C@@H](C)O)ccc1OCc1ccc(F)c(F)c1. The van der Waals surface area contributed by atoms with Crippen molar-refractivity contribution >= 4 is 0 Å². The second kappa shape index (κ2) is 6.54. The minimum Gasteiger partial charge on any atom is -0.493 e. The third kappa shape index (κ3) is 3.70. The molecule has 3 nitrogen and oxygen atoms in total. The Bertz CT molecular complexity index is 627. The Morgan fingerprint density at radius 2 is 1.81 bits per heavy atom. The van der Waals surface area contributed by atoms with E-state index in [0.29, 0.717) is 22.6 Å². The first-order valence-corrected chi connectivity index (χ1v) is 6.44. The Hall–Kier alpha value is -2.14. The van der Waals surface area contributed by atoms with Crippen LogP contribution < -0.4 is 9.47 Å². The summed E-state index contributed by atoms with van der Waals surface area (Å²) in [5, 5.41) is 9.53. The van der Waals surface area contributed by atoms with Crippen LogP contribution in [0, 0.1) is 11.6 Å². The Balaban J connectivity index is 2.13. The van der Waals surface area contributed by atoms with Crippen molar-refractivity contribution < 1.29 is 23.4 Å². The number of ether oxygens (including phenoxy) is 2. The van der Waals surface area contributed by atoms with Crippen LogP contribution in [0.1, 0.15) is 24.2 Å². The van der Waals surface area contributed by atoms with Crippen LogP contribution in [0.3, 0.4) is 0 Å². The molecule has 0 saturated carbocycles. The second-order valence-electron chi connectivity index (χ2n) is 4.62. The first kappa shape index (κ1) is 15.3. The van der Waals surface area contributed by atoms with Crippen LogP contribution in [0.15, 0.2) is 36.4 Å². The molecular formula is C16H16F2O3. The Morgan fingerprint density at radius 1 is 1.05 bits per heavy atom. The fourth-order valence-corrected chi connectivity index (χ4v) is 1.85. The molecule has 0 saturated heterocycles. The lowest BCUT2D eigenvalue weighted by atomic mass is 10.1. The van der Waals surface area contributed by atoms with E-state index in [2.05, 4.69) is 0 Å². The smallest absolute Gasteiger partial charge is 0.161 e. The second-order valence-corrected chi connectivity index (χ2v) is 4.62. The average molecular weight is 294 g/mol. The van der Waals surface area contributed by atoms with Crippen molar-refractivity contribution in [1.82, 2.24) is 0 Å². The topological polar surface area (TPSA) is 38.7 Å². The van der Waals surface area contributed by atoms with Gasteiger partial charge in [0.25, 0.3) is 0 Å². The third-order valence-electron chi connectivity index (χ3n) is 3.05. The standard InChI is InChI=1S/C16H16F2O3/c1-10(19)12-4-6-15(16(8-12)20-2)21-9-11-3-5-13(17)14(18)7-11/h3-8,10,19H,9H2,1-2H3/t10-/m1/s1. The molecule has 2 aromatic carbocycles. The van der Waals surface area contributed by atoms with Gasteiger partial charge in [0.05, 0.1) is 13.2 Å². The van der Waals surface area contributed by atoms with E-state index in [4.69, 9.17) is 9.47 Å². The van der Waals surface area contributed by atoms with Gasteiger partial charge in [-0.05, 0) is 42.3 Å². The van der Waals surface area contributed by atoms with Gasteiger partial charge in [-0.1, -0.05) is 12.1 Å². The van der Waals surface area contributed by atoms with Crippen molar-refractivity contribution in [3.63, 3.8) is 0 Å². The van der Waals surface area contributed by atoms with Crippen LogP contribution in [0.4, 0.5) is 8.78 Å². The molecule has 0 radical (unpaired) electrons. The molecule has 0 spiro atoms. The fraction of sp³-hybridized carbons (Fsp3) is 0.250. The normalized spacial score (nSPS) is 12.0. The fourth-order valence-electron chi connectivity index (χ4n) is 1.85. The Kier molecular flexibility index (Phi) is 4.75. The highest BCUT2D eigenvalue weighted by Gasteiger charge is 2.10. The summed E-state index contributed by atoms with van der Waals surface area (Å²) in [5.74, 6) is -0.868. The van der Waals surface area contributed by atoms with Crippen LogP contribution in [-0.2, 0) is 6.61 Å². The van der Waals surface area contributed by atoms with Gasteiger partial charge in [0.2, 0.25) is 0 Å². The lowest BCUT2D eigenvalue weighted by molar-refractivity contribution is 0.198. The van der Waals surface area contributed by atoms with E-state index in [0.717, 1.165) is 12.1 Å². The molecule has 5 heteroatoms. The van der Waals surface area contributed by atoms with Crippen LogP contribution in [0.2, 0.25) is 0 Å². The van der Waals surface area contributed by atoms with E-state index in [9.17, 15) is 13.9 Å². The molecule has 0 bridgehead atoms. The molecule has 0 aromatic heterocycles. The van der Waals surface area contributed by atoms with Gasteiger partial charge < -0.3 is 14.6 Å². The summed E-state index contributed by atoms with van der Waals surface area (Å²) in [6.07, 6.45) is -0.612. The summed E-state index contributed by atoms with van der Waals surface area (Å²) in [6, 6.07) is 8.66. The van der Waals surface area contributed by atoms with E-state index < -0.39 is 17.7 Å². The van der Waals surface area contributed by atoms with Crippen LogP contribution in [-0.4, -0.2) is 12.2 Å². The molecule has 0 heterocycles. The molecule has 0 aliphatic carbocycles. The third-order valence-corrected chi connectivity index (χ3v) is 3.05. The maximum Gasteiger partial charge on any atom is 0.161 e.